The van der Waals surface area contributed by atoms with E-state index in [9.17, 15) is 9.90 Å². The lowest BCUT2D eigenvalue weighted by atomic mass is 10.1. The number of nitrogens with zero attached hydrogens (tertiary/aromatic N) is 1. The molecule has 5 heteroatoms. The zero-order valence-electron chi connectivity index (χ0n) is 12.3. The first-order chi connectivity index (χ1) is 11.2. The number of benzene rings is 1. The Labute approximate surface area is 133 Å². The summed E-state index contributed by atoms with van der Waals surface area (Å²) in [6.45, 7) is 0.138. The number of hydrogen-bond acceptors (Lipinski definition) is 4. The first-order valence-electron chi connectivity index (χ1n) is 7.23. The van der Waals surface area contributed by atoms with E-state index >= 15 is 0 Å². The molecule has 3 aromatic rings. The van der Waals surface area contributed by atoms with Crippen LogP contribution in [-0.2, 0) is 0 Å². The highest BCUT2D eigenvalue weighted by Gasteiger charge is 2.11. The quantitative estimate of drug-likeness (QED) is 0.760. The summed E-state index contributed by atoms with van der Waals surface area (Å²) in [5.74, 6) is -0.233. The van der Waals surface area contributed by atoms with Gasteiger partial charge >= 0.3 is 0 Å². The van der Waals surface area contributed by atoms with Crippen molar-refractivity contribution in [2.45, 2.75) is 6.10 Å². The van der Waals surface area contributed by atoms with Gasteiger partial charge in [0.05, 0.1) is 18.6 Å². The number of amides is 1. The SMILES string of the molecule is O=C(NCC(O)c1ccncc1)c1cccc(-c2ccoc2)c1. The van der Waals surface area contributed by atoms with E-state index in [1.165, 1.54) is 0 Å². The van der Waals surface area contributed by atoms with Gasteiger partial charge in [0.1, 0.15) is 0 Å². The van der Waals surface area contributed by atoms with E-state index in [0.717, 1.165) is 11.1 Å². The Morgan fingerprint density at radius 1 is 1.17 bits per heavy atom. The van der Waals surface area contributed by atoms with Gasteiger partial charge in [-0.05, 0) is 41.5 Å². The predicted molar refractivity (Wildman–Crippen MR) is 85.7 cm³/mol. The van der Waals surface area contributed by atoms with E-state index in [1.54, 1.807) is 49.2 Å². The van der Waals surface area contributed by atoms with Gasteiger partial charge in [0.2, 0.25) is 0 Å². The van der Waals surface area contributed by atoms with E-state index in [2.05, 4.69) is 10.3 Å². The zero-order valence-corrected chi connectivity index (χ0v) is 12.3. The molecule has 0 fully saturated rings. The van der Waals surface area contributed by atoms with Gasteiger partial charge < -0.3 is 14.8 Å². The van der Waals surface area contributed by atoms with Crippen molar-refractivity contribution in [2.24, 2.45) is 0 Å². The Morgan fingerprint density at radius 2 is 2.00 bits per heavy atom. The number of nitrogens with one attached hydrogen (secondary N) is 1. The highest BCUT2D eigenvalue weighted by atomic mass is 16.3. The molecule has 0 bridgehead atoms. The maximum absolute atomic E-state index is 12.2. The molecule has 2 heterocycles. The van der Waals surface area contributed by atoms with Crippen LogP contribution in [0.25, 0.3) is 11.1 Å². The number of carbonyl (C=O) groups excluding carboxylic acids is 1. The van der Waals surface area contributed by atoms with Gasteiger partial charge in [0.25, 0.3) is 5.91 Å². The van der Waals surface area contributed by atoms with Crippen molar-refractivity contribution in [1.29, 1.82) is 0 Å². The summed E-state index contributed by atoms with van der Waals surface area (Å²) in [6, 6.07) is 12.5. The number of hydrogen-bond donors (Lipinski definition) is 2. The first kappa shape index (κ1) is 15.0. The Balaban J connectivity index is 1.66. The second kappa shape index (κ2) is 6.89. The van der Waals surface area contributed by atoms with E-state index in [0.29, 0.717) is 11.1 Å². The van der Waals surface area contributed by atoms with Gasteiger partial charge in [-0.3, -0.25) is 9.78 Å². The van der Waals surface area contributed by atoms with Crippen molar-refractivity contribution in [3.05, 3.63) is 78.5 Å². The third-order valence-corrected chi connectivity index (χ3v) is 3.53. The van der Waals surface area contributed by atoms with Crippen molar-refractivity contribution < 1.29 is 14.3 Å². The molecule has 0 saturated heterocycles. The lowest BCUT2D eigenvalue weighted by molar-refractivity contribution is 0.0916. The normalized spacial score (nSPS) is 11.9. The molecule has 0 aliphatic carbocycles. The van der Waals surface area contributed by atoms with Crippen LogP contribution in [0.15, 0.2) is 71.8 Å². The fourth-order valence-electron chi connectivity index (χ4n) is 2.26. The standard InChI is InChI=1S/C18H16N2O3/c21-17(13-4-7-19-8-5-13)11-20-18(22)15-3-1-2-14(10-15)16-6-9-23-12-16/h1-10,12,17,21H,11H2,(H,20,22). The van der Waals surface area contributed by atoms with Crippen molar-refractivity contribution in [2.75, 3.05) is 6.54 Å². The minimum Gasteiger partial charge on any atom is -0.472 e. The molecule has 0 radical (unpaired) electrons. The van der Waals surface area contributed by atoms with Gasteiger partial charge in [-0.25, -0.2) is 0 Å². The molecule has 1 unspecified atom stereocenters. The van der Waals surface area contributed by atoms with Crippen LogP contribution in [-0.4, -0.2) is 22.5 Å². The highest BCUT2D eigenvalue weighted by molar-refractivity contribution is 5.95. The minimum absolute atomic E-state index is 0.138. The third kappa shape index (κ3) is 3.64. The van der Waals surface area contributed by atoms with Gasteiger partial charge in [-0.2, -0.15) is 0 Å². The summed E-state index contributed by atoms with van der Waals surface area (Å²) < 4.78 is 5.06. The molecule has 116 valence electrons. The number of furan rings is 1. The molecule has 23 heavy (non-hydrogen) atoms. The molecule has 3 rings (SSSR count). The number of pyridine rings is 1. The molecule has 1 amide bonds. The molecule has 2 N–H and O–H groups in total. The van der Waals surface area contributed by atoms with Gasteiger partial charge in [0, 0.05) is 30.1 Å². The Hall–Kier alpha value is -2.92. The van der Waals surface area contributed by atoms with Gasteiger partial charge in [-0.1, -0.05) is 12.1 Å². The summed E-state index contributed by atoms with van der Waals surface area (Å²) in [6.07, 6.45) is 5.67. The number of aromatic nitrogens is 1. The average Bonchev–Trinajstić information content (AvgIpc) is 3.15. The monoisotopic (exact) mass is 308 g/mol. The molecular formula is C18H16N2O3. The fraction of sp³-hybridized carbons (Fsp3) is 0.111. The van der Waals surface area contributed by atoms with Crippen LogP contribution in [0, 0.1) is 0 Å². The molecule has 1 atom stereocenters. The number of carbonyl (C=O) groups is 1. The van der Waals surface area contributed by atoms with Crippen LogP contribution in [0.5, 0.6) is 0 Å². The summed E-state index contributed by atoms with van der Waals surface area (Å²) in [5.41, 5.74) is 3.07. The second-order valence-electron chi connectivity index (χ2n) is 5.10. The molecular weight excluding hydrogens is 292 g/mol. The average molecular weight is 308 g/mol. The summed E-state index contributed by atoms with van der Waals surface area (Å²) in [5, 5.41) is 12.8. The summed E-state index contributed by atoms with van der Waals surface area (Å²) in [4.78, 5) is 16.1. The van der Waals surface area contributed by atoms with Crippen LogP contribution in [0.4, 0.5) is 0 Å². The van der Waals surface area contributed by atoms with E-state index in [1.807, 2.05) is 18.2 Å². The largest absolute Gasteiger partial charge is 0.472 e. The van der Waals surface area contributed by atoms with Crippen molar-refractivity contribution in [3.8, 4) is 11.1 Å². The van der Waals surface area contributed by atoms with E-state index < -0.39 is 6.10 Å². The zero-order chi connectivity index (χ0) is 16.1. The van der Waals surface area contributed by atoms with Crippen LogP contribution in [0.2, 0.25) is 0 Å². The molecule has 0 aliphatic heterocycles. The summed E-state index contributed by atoms with van der Waals surface area (Å²) >= 11 is 0. The molecule has 0 aliphatic rings. The minimum atomic E-state index is -0.765. The Morgan fingerprint density at radius 3 is 2.74 bits per heavy atom. The van der Waals surface area contributed by atoms with Crippen molar-refractivity contribution in [3.63, 3.8) is 0 Å². The smallest absolute Gasteiger partial charge is 0.251 e. The van der Waals surface area contributed by atoms with Gasteiger partial charge in [-0.15, -0.1) is 0 Å². The highest BCUT2D eigenvalue weighted by Crippen LogP contribution is 2.20. The first-order valence-corrected chi connectivity index (χ1v) is 7.23. The molecule has 0 saturated carbocycles. The van der Waals surface area contributed by atoms with Crippen LogP contribution >= 0.6 is 0 Å². The maximum atomic E-state index is 12.2. The number of aliphatic hydroxyl groups is 1. The Kier molecular flexibility index (Phi) is 4.49. The molecule has 2 aromatic heterocycles. The fourth-order valence-corrected chi connectivity index (χ4v) is 2.26. The van der Waals surface area contributed by atoms with Crippen LogP contribution in [0.1, 0.15) is 22.0 Å². The van der Waals surface area contributed by atoms with Crippen LogP contribution in [0.3, 0.4) is 0 Å². The molecule has 5 nitrogen and oxygen atoms in total. The third-order valence-electron chi connectivity index (χ3n) is 3.53. The molecule has 0 spiro atoms. The van der Waals surface area contributed by atoms with Crippen molar-refractivity contribution in [1.82, 2.24) is 10.3 Å². The second-order valence-corrected chi connectivity index (χ2v) is 5.10. The Bertz CT molecular complexity index is 770. The molecule has 1 aromatic carbocycles. The number of aliphatic hydroxyl groups excluding tert-OH is 1. The number of rotatable bonds is 5. The van der Waals surface area contributed by atoms with E-state index in [-0.39, 0.29) is 12.5 Å². The lowest BCUT2D eigenvalue weighted by Gasteiger charge is -2.12. The topological polar surface area (TPSA) is 75.4 Å². The van der Waals surface area contributed by atoms with Gasteiger partial charge in [0.15, 0.2) is 0 Å². The lowest BCUT2D eigenvalue weighted by Crippen LogP contribution is -2.28. The predicted octanol–water partition coefficient (Wildman–Crippen LogP) is 2.81. The van der Waals surface area contributed by atoms with E-state index in [4.69, 9.17) is 4.42 Å². The summed E-state index contributed by atoms with van der Waals surface area (Å²) in [7, 11) is 0. The maximum Gasteiger partial charge on any atom is 0.251 e. The van der Waals surface area contributed by atoms with Crippen LogP contribution < -0.4 is 5.32 Å². The van der Waals surface area contributed by atoms with Crippen molar-refractivity contribution >= 4 is 5.91 Å².